The van der Waals surface area contributed by atoms with Gasteiger partial charge in [0.25, 0.3) is 11.8 Å². The highest BCUT2D eigenvalue weighted by molar-refractivity contribution is 6.33. The molecule has 0 N–H and O–H groups in total. The van der Waals surface area contributed by atoms with Gasteiger partial charge in [-0.25, -0.2) is 4.79 Å². The molecule has 0 saturated carbocycles. The van der Waals surface area contributed by atoms with Crippen molar-refractivity contribution in [2.24, 2.45) is 0 Å². The topological polar surface area (TPSA) is 60.9 Å². The van der Waals surface area contributed by atoms with Gasteiger partial charge in [0.15, 0.2) is 0 Å². The summed E-state index contributed by atoms with van der Waals surface area (Å²) in [6.45, 7) is 2.13. The first-order valence-corrected chi connectivity index (χ1v) is 10.5. The first-order chi connectivity index (χ1) is 15.3. The molecule has 10 heteroatoms. The van der Waals surface area contributed by atoms with Crippen LogP contribution in [-0.4, -0.2) is 57.9 Å². The number of amides is 4. The summed E-state index contributed by atoms with van der Waals surface area (Å²) >= 11 is 6.50. The molecule has 0 atom stereocenters. The smallest absolute Gasteiger partial charge is 0.325 e. The fraction of sp³-hybridized carbons (Fsp3) is 0.348. The Morgan fingerprint density at radius 3 is 2.27 bits per heavy atom. The Labute approximate surface area is 193 Å². The zero-order valence-corrected chi connectivity index (χ0v) is 18.9. The number of benzene rings is 2. The van der Waals surface area contributed by atoms with Crippen LogP contribution in [0.15, 0.2) is 36.4 Å². The van der Waals surface area contributed by atoms with Crippen LogP contribution in [0, 0.1) is 0 Å². The minimum absolute atomic E-state index is 0.120. The highest BCUT2D eigenvalue weighted by Crippen LogP contribution is 2.35. The lowest BCUT2D eigenvalue weighted by atomic mass is 9.98. The van der Waals surface area contributed by atoms with Gasteiger partial charge in [0, 0.05) is 36.3 Å². The van der Waals surface area contributed by atoms with Crippen molar-refractivity contribution in [3.05, 3.63) is 58.1 Å². The molecule has 0 bridgehead atoms. The Morgan fingerprint density at radius 1 is 1.03 bits per heavy atom. The quantitative estimate of drug-likeness (QED) is 0.597. The summed E-state index contributed by atoms with van der Waals surface area (Å²) in [5.74, 6) is -0.935. The molecule has 6 nitrogen and oxygen atoms in total. The molecule has 174 valence electrons. The SMILES string of the molecule is CN1C(=O)N(Cc2ccc(-c3ccc4c(c3)CN(CC(F)(F)F)C4=O)c(Cl)c2)C(C)(C)C1=O. The first-order valence-electron chi connectivity index (χ1n) is 10.2. The Kier molecular flexibility index (Phi) is 5.43. The van der Waals surface area contributed by atoms with Gasteiger partial charge in [0.2, 0.25) is 0 Å². The lowest BCUT2D eigenvalue weighted by Gasteiger charge is -2.28. The van der Waals surface area contributed by atoms with E-state index in [1.165, 1.54) is 18.0 Å². The van der Waals surface area contributed by atoms with Crippen LogP contribution < -0.4 is 0 Å². The van der Waals surface area contributed by atoms with E-state index in [0.717, 1.165) is 15.4 Å². The second kappa shape index (κ2) is 7.76. The van der Waals surface area contributed by atoms with Crippen LogP contribution in [0.4, 0.5) is 18.0 Å². The average molecular weight is 480 g/mol. The molecule has 0 aliphatic carbocycles. The van der Waals surface area contributed by atoms with Crippen molar-refractivity contribution in [1.29, 1.82) is 0 Å². The van der Waals surface area contributed by atoms with Gasteiger partial charge in [0.05, 0.1) is 0 Å². The number of fused-ring (bicyclic) bond motifs is 1. The number of carbonyl (C=O) groups is 3. The van der Waals surface area contributed by atoms with Crippen LogP contribution in [0.25, 0.3) is 11.1 Å². The second-order valence-corrected chi connectivity index (χ2v) is 9.16. The van der Waals surface area contributed by atoms with Gasteiger partial charge >= 0.3 is 12.2 Å². The summed E-state index contributed by atoms with van der Waals surface area (Å²) in [6.07, 6.45) is -4.47. The molecular formula is C23H21ClF3N3O3. The minimum Gasteiger partial charge on any atom is -0.325 e. The van der Waals surface area contributed by atoms with E-state index in [0.29, 0.717) is 21.7 Å². The van der Waals surface area contributed by atoms with Crippen LogP contribution in [0.5, 0.6) is 0 Å². The maximum Gasteiger partial charge on any atom is 0.406 e. The molecule has 2 aliphatic heterocycles. The minimum atomic E-state index is -4.47. The van der Waals surface area contributed by atoms with Crippen LogP contribution in [0.3, 0.4) is 0 Å². The third-order valence-corrected chi connectivity index (χ3v) is 6.37. The summed E-state index contributed by atoms with van der Waals surface area (Å²) < 4.78 is 38.2. The Hall–Kier alpha value is -3.07. The van der Waals surface area contributed by atoms with Crippen molar-refractivity contribution in [2.45, 2.75) is 38.7 Å². The Morgan fingerprint density at radius 2 is 1.70 bits per heavy atom. The van der Waals surface area contributed by atoms with Crippen molar-refractivity contribution in [2.75, 3.05) is 13.6 Å². The monoisotopic (exact) mass is 479 g/mol. The molecule has 2 aliphatic rings. The number of imide groups is 1. The molecule has 4 rings (SSSR count). The molecule has 0 radical (unpaired) electrons. The van der Waals surface area contributed by atoms with E-state index in [1.54, 1.807) is 44.2 Å². The number of hydrogen-bond acceptors (Lipinski definition) is 3. The summed E-state index contributed by atoms with van der Waals surface area (Å²) in [5, 5.41) is 0.382. The molecule has 4 amide bonds. The van der Waals surface area contributed by atoms with Gasteiger partial charge in [0.1, 0.15) is 12.1 Å². The number of nitrogens with zero attached hydrogens (tertiary/aromatic N) is 3. The van der Waals surface area contributed by atoms with Gasteiger partial charge in [-0.1, -0.05) is 29.8 Å². The highest BCUT2D eigenvalue weighted by atomic mass is 35.5. The van der Waals surface area contributed by atoms with Crippen molar-refractivity contribution in [3.63, 3.8) is 0 Å². The van der Waals surface area contributed by atoms with E-state index >= 15 is 0 Å². The van der Waals surface area contributed by atoms with Crippen LogP contribution in [0.1, 0.15) is 35.3 Å². The van der Waals surface area contributed by atoms with Crippen LogP contribution in [0.2, 0.25) is 5.02 Å². The molecule has 1 saturated heterocycles. The van der Waals surface area contributed by atoms with Crippen molar-refractivity contribution in [1.82, 2.24) is 14.7 Å². The van der Waals surface area contributed by atoms with Crippen LogP contribution >= 0.6 is 11.6 Å². The lowest BCUT2D eigenvalue weighted by molar-refractivity contribution is -0.141. The van der Waals surface area contributed by atoms with Gasteiger partial charge in [-0.3, -0.25) is 14.5 Å². The standard InChI is InChI=1S/C23H21ClF3N3O3/c1-22(2)20(32)28(3)21(33)30(22)10-13-4-6-16(18(24)8-13)14-5-7-17-15(9-14)11-29(19(17)31)12-23(25,26)27/h4-9H,10-12H2,1-3H3. The molecule has 1 fully saturated rings. The summed E-state index contributed by atoms with van der Waals surface area (Å²) in [7, 11) is 1.44. The first kappa shape index (κ1) is 23.1. The van der Waals surface area contributed by atoms with E-state index in [-0.39, 0.29) is 24.6 Å². The summed E-state index contributed by atoms with van der Waals surface area (Å²) in [5.41, 5.74) is 1.81. The zero-order valence-electron chi connectivity index (χ0n) is 18.2. The molecule has 0 spiro atoms. The maximum absolute atomic E-state index is 12.7. The predicted octanol–water partition coefficient (Wildman–Crippen LogP) is 4.70. The maximum atomic E-state index is 12.7. The van der Waals surface area contributed by atoms with E-state index in [2.05, 4.69) is 0 Å². The van der Waals surface area contributed by atoms with Crippen molar-refractivity contribution < 1.29 is 27.6 Å². The molecular weight excluding hydrogens is 459 g/mol. The largest absolute Gasteiger partial charge is 0.406 e. The van der Waals surface area contributed by atoms with Crippen molar-refractivity contribution in [3.8, 4) is 11.1 Å². The van der Waals surface area contributed by atoms with Gasteiger partial charge in [-0.2, -0.15) is 13.2 Å². The number of urea groups is 1. The fourth-order valence-corrected chi connectivity index (χ4v) is 4.58. The van der Waals surface area contributed by atoms with Gasteiger partial charge < -0.3 is 9.80 Å². The highest BCUT2D eigenvalue weighted by Gasteiger charge is 2.49. The molecule has 33 heavy (non-hydrogen) atoms. The summed E-state index contributed by atoms with van der Waals surface area (Å²) in [4.78, 5) is 40.4. The van der Waals surface area contributed by atoms with E-state index in [4.69, 9.17) is 11.6 Å². The number of rotatable bonds is 4. The van der Waals surface area contributed by atoms with Crippen LogP contribution in [-0.2, 0) is 17.9 Å². The Bertz CT molecular complexity index is 1180. The predicted molar refractivity (Wildman–Crippen MR) is 115 cm³/mol. The molecule has 2 heterocycles. The lowest BCUT2D eigenvalue weighted by Crippen LogP contribution is -2.43. The average Bonchev–Trinajstić information content (AvgIpc) is 3.09. The number of hydrogen-bond donors (Lipinski definition) is 0. The fourth-order valence-electron chi connectivity index (χ4n) is 4.26. The second-order valence-electron chi connectivity index (χ2n) is 8.75. The van der Waals surface area contributed by atoms with Crippen molar-refractivity contribution >= 4 is 29.4 Å². The number of halogens is 4. The van der Waals surface area contributed by atoms with Gasteiger partial charge in [-0.15, -0.1) is 0 Å². The normalized spacial score (nSPS) is 17.9. The molecule has 2 aromatic rings. The number of likely N-dealkylation sites (N-methyl/N-ethyl adjacent to an activating group) is 1. The number of carbonyl (C=O) groups excluding carboxylic acids is 3. The third-order valence-electron chi connectivity index (χ3n) is 6.06. The van der Waals surface area contributed by atoms with E-state index in [9.17, 15) is 27.6 Å². The molecule has 0 unspecified atom stereocenters. The van der Waals surface area contributed by atoms with E-state index < -0.39 is 30.2 Å². The van der Waals surface area contributed by atoms with E-state index in [1.807, 2.05) is 0 Å². The zero-order chi connectivity index (χ0) is 24.3. The number of alkyl halides is 3. The molecule has 0 aromatic heterocycles. The Balaban J connectivity index is 1.57. The molecule has 2 aromatic carbocycles. The summed E-state index contributed by atoms with van der Waals surface area (Å²) in [6, 6.07) is 9.67. The van der Waals surface area contributed by atoms with Gasteiger partial charge in [-0.05, 0) is 48.7 Å². The third kappa shape index (κ3) is 4.06.